The molecule has 0 radical (unpaired) electrons. The Morgan fingerprint density at radius 1 is 1.41 bits per heavy atom. The summed E-state index contributed by atoms with van der Waals surface area (Å²) in [5.74, 6) is 2.29. The second-order valence-corrected chi connectivity index (χ2v) is 4.91. The summed E-state index contributed by atoms with van der Waals surface area (Å²) in [6, 6.07) is 0. The predicted octanol–water partition coefficient (Wildman–Crippen LogP) is 1.71. The van der Waals surface area contributed by atoms with Crippen molar-refractivity contribution < 1.29 is 9.26 Å². The molecule has 17 heavy (non-hydrogen) atoms. The van der Waals surface area contributed by atoms with Crippen LogP contribution in [-0.4, -0.2) is 29.8 Å². The predicted molar refractivity (Wildman–Crippen MR) is 63.6 cm³/mol. The highest BCUT2D eigenvalue weighted by atomic mass is 16.5. The van der Waals surface area contributed by atoms with Gasteiger partial charge < -0.3 is 14.6 Å². The van der Waals surface area contributed by atoms with E-state index in [1.54, 1.807) is 0 Å². The van der Waals surface area contributed by atoms with Crippen molar-refractivity contribution in [3.8, 4) is 0 Å². The van der Waals surface area contributed by atoms with Crippen molar-refractivity contribution >= 4 is 0 Å². The summed E-state index contributed by atoms with van der Waals surface area (Å²) in [6.07, 6.45) is 2.40. The van der Waals surface area contributed by atoms with Crippen LogP contribution < -0.4 is 5.32 Å². The summed E-state index contributed by atoms with van der Waals surface area (Å²) in [5.41, 5.74) is 0. The Morgan fingerprint density at radius 3 is 2.82 bits per heavy atom. The van der Waals surface area contributed by atoms with Crippen molar-refractivity contribution in [3.05, 3.63) is 11.7 Å². The lowest BCUT2D eigenvalue weighted by molar-refractivity contribution is 0.0711. The van der Waals surface area contributed by atoms with Gasteiger partial charge in [0.2, 0.25) is 5.89 Å². The third-order valence-corrected chi connectivity index (χ3v) is 3.02. The zero-order valence-electron chi connectivity index (χ0n) is 10.6. The van der Waals surface area contributed by atoms with Crippen LogP contribution in [0.3, 0.4) is 0 Å². The van der Waals surface area contributed by atoms with Gasteiger partial charge in [-0.1, -0.05) is 19.0 Å². The van der Waals surface area contributed by atoms with Gasteiger partial charge in [-0.3, -0.25) is 0 Å². The van der Waals surface area contributed by atoms with Gasteiger partial charge in [0.25, 0.3) is 0 Å². The van der Waals surface area contributed by atoms with E-state index in [0.29, 0.717) is 24.2 Å². The van der Waals surface area contributed by atoms with E-state index in [2.05, 4.69) is 15.5 Å². The van der Waals surface area contributed by atoms with Gasteiger partial charge >= 0.3 is 0 Å². The smallest absolute Gasteiger partial charge is 0.229 e. The topological polar surface area (TPSA) is 60.2 Å². The van der Waals surface area contributed by atoms with Gasteiger partial charge in [0, 0.05) is 5.92 Å². The lowest BCUT2D eigenvalue weighted by Gasteiger charge is -2.21. The molecule has 0 aliphatic carbocycles. The standard InChI is InChI=1S/C12H21N3O2/c1-9(2)12-14-11(15-17-12)8-16-7-10-3-5-13-6-4-10/h9-10,13H,3-8H2,1-2H3. The number of piperidine rings is 1. The minimum Gasteiger partial charge on any atom is -0.373 e. The number of hydrogen-bond donors (Lipinski definition) is 1. The molecule has 0 unspecified atom stereocenters. The molecule has 1 N–H and O–H groups in total. The Balaban J connectivity index is 1.70. The first-order valence-electron chi connectivity index (χ1n) is 6.36. The minimum atomic E-state index is 0.278. The van der Waals surface area contributed by atoms with Crippen molar-refractivity contribution in [2.24, 2.45) is 5.92 Å². The molecule has 2 heterocycles. The van der Waals surface area contributed by atoms with E-state index in [9.17, 15) is 0 Å². The third-order valence-electron chi connectivity index (χ3n) is 3.02. The molecule has 1 aromatic rings. The average Bonchev–Trinajstić information content (AvgIpc) is 2.79. The van der Waals surface area contributed by atoms with E-state index >= 15 is 0 Å². The van der Waals surface area contributed by atoms with Crippen LogP contribution in [0, 0.1) is 5.92 Å². The minimum absolute atomic E-state index is 0.278. The Bertz CT molecular complexity index is 332. The highest BCUT2D eigenvalue weighted by molar-refractivity contribution is 4.89. The van der Waals surface area contributed by atoms with Crippen molar-refractivity contribution in [2.45, 2.75) is 39.2 Å². The fourth-order valence-electron chi connectivity index (χ4n) is 1.93. The van der Waals surface area contributed by atoms with Crippen molar-refractivity contribution in [2.75, 3.05) is 19.7 Å². The molecular formula is C12H21N3O2. The van der Waals surface area contributed by atoms with Gasteiger partial charge in [-0.15, -0.1) is 0 Å². The Kier molecular flexibility index (Phi) is 4.50. The Hall–Kier alpha value is -0.940. The summed E-state index contributed by atoms with van der Waals surface area (Å²) in [7, 11) is 0. The second kappa shape index (κ2) is 6.12. The summed E-state index contributed by atoms with van der Waals surface area (Å²) in [6.45, 7) is 7.54. The van der Waals surface area contributed by atoms with Crippen LogP contribution in [-0.2, 0) is 11.3 Å². The van der Waals surface area contributed by atoms with Crippen molar-refractivity contribution in [1.29, 1.82) is 0 Å². The molecule has 0 spiro atoms. The molecule has 0 amide bonds. The van der Waals surface area contributed by atoms with Crippen LogP contribution in [0.2, 0.25) is 0 Å². The molecule has 96 valence electrons. The largest absolute Gasteiger partial charge is 0.373 e. The summed E-state index contributed by atoms with van der Waals surface area (Å²) in [5, 5.41) is 7.24. The molecule has 5 heteroatoms. The molecule has 2 rings (SSSR count). The molecule has 1 aliphatic heterocycles. The Labute approximate surface area is 102 Å². The van der Waals surface area contributed by atoms with Crippen LogP contribution in [0.15, 0.2) is 4.52 Å². The quantitative estimate of drug-likeness (QED) is 0.847. The van der Waals surface area contributed by atoms with Crippen LogP contribution in [0.5, 0.6) is 0 Å². The van der Waals surface area contributed by atoms with Gasteiger partial charge in [-0.05, 0) is 31.8 Å². The van der Waals surface area contributed by atoms with E-state index in [1.807, 2.05) is 13.8 Å². The molecular weight excluding hydrogens is 218 g/mol. The van der Waals surface area contributed by atoms with Crippen LogP contribution in [0.1, 0.15) is 44.3 Å². The van der Waals surface area contributed by atoms with E-state index in [1.165, 1.54) is 12.8 Å². The van der Waals surface area contributed by atoms with Crippen LogP contribution in [0.4, 0.5) is 0 Å². The molecule has 1 fully saturated rings. The molecule has 0 aromatic carbocycles. The summed E-state index contributed by atoms with van der Waals surface area (Å²) in [4.78, 5) is 4.28. The maximum atomic E-state index is 5.64. The number of nitrogens with one attached hydrogen (secondary N) is 1. The van der Waals surface area contributed by atoms with E-state index < -0.39 is 0 Å². The fraction of sp³-hybridized carbons (Fsp3) is 0.833. The molecule has 0 saturated carbocycles. The van der Waals surface area contributed by atoms with E-state index in [-0.39, 0.29) is 5.92 Å². The maximum Gasteiger partial charge on any atom is 0.229 e. The van der Waals surface area contributed by atoms with Gasteiger partial charge in [-0.25, -0.2) is 0 Å². The van der Waals surface area contributed by atoms with Gasteiger partial charge in [0.1, 0.15) is 6.61 Å². The lowest BCUT2D eigenvalue weighted by atomic mass is 9.99. The normalized spacial score (nSPS) is 17.8. The third kappa shape index (κ3) is 3.78. The SMILES string of the molecule is CC(C)c1nc(COCC2CCNCC2)no1. The monoisotopic (exact) mass is 239 g/mol. The first-order chi connectivity index (χ1) is 8.25. The van der Waals surface area contributed by atoms with Gasteiger partial charge in [-0.2, -0.15) is 4.98 Å². The number of aromatic nitrogens is 2. The molecule has 1 aromatic heterocycles. The maximum absolute atomic E-state index is 5.64. The number of nitrogens with zero attached hydrogens (tertiary/aromatic N) is 2. The highest BCUT2D eigenvalue weighted by Gasteiger charge is 2.14. The first-order valence-corrected chi connectivity index (χ1v) is 6.36. The van der Waals surface area contributed by atoms with Crippen LogP contribution >= 0.6 is 0 Å². The number of ether oxygens (including phenoxy) is 1. The first kappa shape index (κ1) is 12.5. The van der Waals surface area contributed by atoms with Gasteiger partial charge in [0.15, 0.2) is 5.82 Å². The highest BCUT2D eigenvalue weighted by Crippen LogP contribution is 2.14. The number of hydrogen-bond acceptors (Lipinski definition) is 5. The molecule has 0 atom stereocenters. The van der Waals surface area contributed by atoms with E-state index in [4.69, 9.17) is 9.26 Å². The second-order valence-electron chi connectivity index (χ2n) is 4.91. The molecule has 0 bridgehead atoms. The van der Waals surface area contributed by atoms with E-state index in [0.717, 1.165) is 19.7 Å². The fourth-order valence-corrected chi connectivity index (χ4v) is 1.93. The number of rotatable bonds is 5. The van der Waals surface area contributed by atoms with Crippen molar-refractivity contribution in [1.82, 2.24) is 15.5 Å². The summed E-state index contributed by atoms with van der Waals surface area (Å²) < 4.78 is 10.8. The van der Waals surface area contributed by atoms with Crippen molar-refractivity contribution in [3.63, 3.8) is 0 Å². The lowest BCUT2D eigenvalue weighted by Crippen LogP contribution is -2.29. The zero-order chi connectivity index (χ0) is 12.1. The molecule has 5 nitrogen and oxygen atoms in total. The van der Waals surface area contributed by atoms with Gasteiger partial charge in [0.05, 0.1) is 6.61 Å². The molecule has 1 saturated heterocycles. The van der Waals surface area contributed by atoms with Crippen LogP contribution in [0.25, 0.3) is 0 Å². The Morgan fingerprint density at radius 2 is 2.18 bits per heavy atom. The summed E-state index contributed by atoms with van der Waals surface area (Å²) >= 11 is 0. The molecule has 1 aliphatic rings. The average molecular weight is 239 g/mol. The zero-order valence-corrected chi connectivity index (χ0v) is 10.6.